The highest BCUT2D eigenvalue weighted by Crippen LogP contribution is 2.25. The maximum atomic E-state index is 5.92. The molecule has 0 atom stereocenters. The first-order valence-electron chi connectivity index (χ1n) is 10.1. The van der Waals surface area contributed by atoms with Crippen LogP contribution < -0.4 is 10.6 Å². The second kappa shape index (κ2) is 6.91. The molecule has 148 valence electrons. The summed E-state index contributed by atoms with van der Waals surface area (Å²) in [5, 5.41) is 8.65. The van der Waals surface area contributed by atoms with E-state index in [1.807, 2.05) is 24.3 Å². The fraction of sp³-hybridized carbons (Fsp3) is 0.167. The Kier molecular flexibility index (Phi) is 3.94. The molecule has 2 aliphatic rings. The zero-order valence-corrected chi connectivity index (χ0v) is 16.3. The summed E-state index contributed by atoms with van der Waals surface area (Å²) in [6.45, 7) is 3.34. The van der Waals surface area contributed by atoms with Gasteiger partial charge in [-0.2, -0.15) is 0 Å². The monoisotopic (exact) mass is 396 g/mol. The van der Waals surface area contributed by atoms with Gasteiger partial charge in [-0.1, -0.05) is 24.3 Å². The molecular formula is C24H20N4O2. The Morgan fingerprint density at radius 3 is 1.60 bits per heavy atom. The average Bonchev–Trinajstić information content (AvgIpc) is 3.55. The fourth-order valence-corrected chi connectivity index (χ4v) is 3.88. The van der Waals surface area contributed by atoms with Gasteiger partial charge in [0.05, 0.1) is 13.1 Å². The zero-order chi connectivity index (χ0) is 19.9. The van der Waals surface area contributed by atoms with Crippen LogP contribution in [0.4, 0.5) is 0 Å². The van der Waals surface area contributed by atoms with Crippen molar-refractivity contribution in [1.29, 1.82) is 0 Å². The number of benzene rings is 2. The summed E-state index contributed by atoms with van der Waals surface area (Å²) in [4.78, 5) is 8.86. The number of hydrogen-bond donors (Lipinski definition) is 2. The SMILES string of the molecule is C(=C\c1ccc2oc(C3=NCCN3)cc2c1)/c1ccc2oc(C3=NCCN3)cc2c1. The molecule has 30 heavy (non-hydrogen) atoms. The van der Waals surface area contributed by atoms with E-state index in [0.717, 1.165) is 82.4 Å². The lowest BCUT2D eigenvalue weighted by Crippen LogP contribution is -2.18. The van der Waals surface area contributed by atoms with Gasteiger partial charge in [-0.25, -0.2) is 0 Å². The van der Waals surface area contributed by atoms with Crippen LogP contribution in [0.25, 0.3) is 34.1 Å². The number of furan rings is 2. The minimum atomic E-state index is 0.797. The van der Waals surface area contributed by atoms with Crippen molar-refractivity contribution < 1.29 is 8.83 Å². The Morgan fingerprint density at radius 1 is 0.667 bits per heavy atom. The molecule has 4 aromatic rings. The van der Waals surface area contributed by atoms with Crippen molar-refractivity contribution in [3.8, 4) is 0 Å². The van der Waals surface area contributed by atoms with Gasteiger partial charge in [-0.3, -0.25) is 9.98 Å². The molecule has 2 aromatic heterocycles. The van der Waals surface area contributed by atoms with Crippen LogP contribution in [0.2, 0.25) is 0 Å². The summed E-state index contributed by atoms with van der Waals surface area (Å²) < 4.78 is 11.8. The highest BCUT2D eigenvalue weighted by molar-refractivity contribution is 6.01. The molecule has 0 radical (unpaired) electrons. The van der Waals surface area contributed by atoms with Crippen LogP contribution in [0.5, 0.6) is 0 Å². The molecule has 0 fully saturated rings. The summed E-state index contributed by atoms with van der Waals surface area (Å²) in [7, 11) is 0. The van der Waals surface area contributed by atoms with E-state index < -0.39 is 0 Å². The molecule has 0 amide bonds. The Morgan fingerprint density at radius 2 is 1.17 bits per heavy atom. The molecule has 0 saturated carbocycles. The summed E-state index contributed by atoms with van der Waals surface area (Å²) in [5.41, 5.74) is 3.98. The first kappa shape index (κ1) is 17.1. The van der Waals surface area contributed by atoms with E-state index in [0.29, 0.717) is 0 Å². The first-order chi connectivity index (χ1) is 14.8. The topological polar surface area (TPSA) is 75.1 Å². The third kappa shape index (κ3) is 3.06. The summed E-state index contributed by atoms with van der Waals surface area (Å²) in [5.74, 6) is 3.28. The molecule has 6 heteroatoms. The van der Waals surface area contributed by atoms with Crippen LogP contribution in [-0.2, 0) is 0 Å². The van der Waals surface area contributed by atoms with Gasteiger partial charge in [0.25, 0.3) is 0 Å². The van der Waals surface area contributed by atoms with E-state index >= 15 is 0 Å². The lowest BCUT2D eigenvalue weighted by atomic mass is 10.1. The number of nitrogens with one attached hydrogen (secondary N) is 2. The second-order valence-corrected chi connectivity index (χ2v) is 7.46. The van der Waals surface area contributed by atoms with Crippen molar-refractivity contribution in [2.45, 2.75) is 0 Å². The van der Waals surface area contributed by atoms with E-state index in [2.05, 4.69) is 57.0 Å². The van der Waals surface area contributed by atoms with Crippen molar-refractivity contribution in [1.82, 2.24) is 10.6 Å². The van der Waals surface area contributed by atoms with Crippen molar-refractivity contribution >= 4 is 45.8 Å². The van der Waals surface area contributed by atoms with Crippen LogP contribution in [0.3, 0.4) is 0 Å². The van der Waals surface area contributed by atoms with E-state index in [-0.39, 0.29) is 0 Å². The lowest BCUT2D eigenvalue weighted by molar-refractivity contribution is 0.601. The quantitative estimate of drug-likeness (QED) is 0.511. The minimum absolute atomic E-state index is 0.797. The molecule has 0 spiro atoms. The van der Waals surface area contributed by atoms with E-state index in [4.69, 9.17) is 8.83 Å². The van der Waals surface area contributed by atoms with Crippen LogP contribution >= 0.6 is 0 Å². The van der Waals surface area contributed by atoms with Crippen LogP contribution in [0, 0.1) is 0 Å². The van der Waals surface area contributed by atoms with Crippen molar-refractivity contribution in [3.05, 3.63) is 71.2 Å². The van der Waals surface area contributed by atoms with Crippen LogP contribution in [0.15, 0.2) is 67.4 Å². The molecule has 4 heterocycles. The number of aliphatic imine (C=N–C) groups is 2. The van der Waals surface area contributed by atoms with E-state index in [9.17, 15) is 0 Å². The van der Waals surface area contributed by atoms with Gasteiger partial charge in [0, 0.05) is 23.9 Å². The summed E-state index contributed by atoms with van der Waals surface area (Å²) >= 11 is 0. The third-order valence-corrected chi connectivity index (χ3v) is 5.36. The number of rotatable bonds is 4. The van der Waals surface area contributed by atoms with Gasteiger partial charge in [0.2, 0.25) is 0 Å². The average molecular weight is 396 g/mol. The molecule has 6 rings (SSSR count). The van der Waals surface area contributed by atoms with Gasteiger partial charge in [0.1, 0.15) is 11.2 Å². The zero-order valence-electron chi connectivity index (χ0n) is 16.3. The lowest BCUT2D eigenvalue weighted by Gasteiger charge is -1.96. The smallest absolute Gasteiger partial charge is 0.170 e. The summed E-state index contributed by atoms with van der Waals surface area (Å²) in [6, 6.07) is 16.5. The Hall–Kier alpha value is -3.80. The van der Waals surface area contributed by atoms with Crippen molar-refractivity contribution in [2.75, 3.05) is 26.2 Å². The predicted molar refractivity (Wildman–Crippen MR) is 120 cm³/mol. The van der Waals surface area contributed by atoms with Crippen molar-refractivity contribution in [3.63, 3.8) is 0 Å². The Bertz CT molecular complexity index is 1250. The highest BCUT2D eigenvalue weighted by atomic mass is 16.3. The Balaban J connectivity index is 1.27. The van der Waals surface area contributed by atoms with Gasteiger partial charge < -0.3 is 19.5 Å². The predicted octanol–water partition coefficient (Wildman–Crippen LogP) is 4.05. The van der Waals surface area contributed by atoms with E-state index in [1.165, 1.54) is 0 Å². The molecule has 2 aromatic carbocycles. The van der Waals surface area contributed by atoms with Crippen molar-refractivity contribution in [2.24, 2.45) is 9.98 Å². The molecule has 0 bridgehead atoms. The standard InChI is InChI=1S/C24H20N4O2/c1(15-3-5-19-17(11-15)13-21(29-19)23-25-7-8-26-23)2-16-4-6-20-18(12-16)14-22(30-20)24-27-9-10-28-24/h1-6,11-14H,7-10H2,(H,25,26)(H,27,28)/b2-1+. The highest BCUT2D eigenvalue weighted by Gasteiger charge is 2.14. The van der Waals surface area contributed by atoms with Gasteiger partial charge >= 0.3 is 0 Å². The molecule has 0 saturated heterocycles. The second-order valence-electron chi connectivity index (χ2n) is 7.46. The van der Waals surface area contributed by atoms with Gasteiger partial charge in [-0.05, 0) is 47.5 Å². The molecule has 0 unspecified atom stereocenters. The maximum Gasteiger partial charge on any atom is 0.170 e. The molecule has 0 aliphatic carbocycles. The first-order valence-corrected chi connectivity index (χ1v) is 10.1. The van der Waals surface area contributed by atoms with Crippen LogP contribution in [-0.4, -0.2) is 37.9 Å². The molecule has 2 aliphatic heterocycles. The number of fused-ring (bicyclic) bond motifs is 2. The van der Waals surface area contributed by atoms with Gasteiger partial charge in [-0.15, -0.1) is 0 Å². The normalized spacial score (nSPS) is 16.3. The molecule has 2 N–H and O–H groups in total. The number of nitrogens with zero attached hydrogens (tertiary/aromatic N) is 2. The Labute approximate surface area is 173 Å². The number of amidine groups is 2. The molecule has 6 nitrogen and oxygen atoms in total. The third-order valence-electron chi connectivity index (χ3n) is 5.36. The van der Waals surface area contributed by atoms with Gasteiger partial charge in [0.15, 0.2) is 23.2 Å². The fourth-order valence-electron chi connectivity index (χ4n) is 3.88. The molecular weight excluding hydrogens is 376 g/mol. The largest absolute Gasteiger partial charge is 0.453 e. The number of hydrogen-bond acceptors (Lipinski definition) is 6. The minimum Gasteiger partial charge on any atom is -0.453 e. The summed E-state index contributed by atoms with van der Waals surface area (Å²) in [6.07, 6.45) is 4.23. The van der Waals surface area contributed by atoms with E-state index in [1.54, 1.807) is 0 Å². The van der Waals surface area contributed by atoms with Crippen LogP contribution in [0.1, 0.15) is 22.6 Å². The maximum absolute atomic E-state index is 5.92.